The van der Waals surface area contributed by atoms with Crippen molar-refractivity contribution < 1.29 is 27.9 Å². The second-order valence-corrected chi connectivity index (χ2v) is 3.85. The molecule has 0 N–H and O–H groups in total. The Morgan fingerprint density at radius 3 is 2.55 bits per heavy atom. The number of furan rings is 1. The van der Waals surface area contributed by atoms with Gasteiger partial charge >= 0.3 is 11.9 Å². The predicted molar refractivity (Wildman–Crippen MR) is 65.3 cm³/mol. The molecule has 0 aliphatic rings. The number of aromatic nitrogens is 1. The minimum atomic E-state index is -0.776. The fourth-order valence-electron chi connectivity index (χ4n) is 1.62. The highest BCUT2D eigenvalue weighted by molar-refractivity contribution is 5.99. The summed E-state index contributed by atoms with van der Waals surface area (Å²) in [6.07, 6.45) is 2.48. The van der Waals surface area contributed by atoms with Crippen LogP contribution in [0.25, 0.3) is 0 Å². The molecule has 7 heteroatoms. The first-order valence-corrected chi connectivity index (χ1v) is 5.84. The summed E-state index contributed by atoms with van der Waals surface area (Å²) in [5.74, 6) is -0.793. The van der Waals surface area contributed by atoms with Crippen LogP contribution in [0.15, 0.2) is 27.2 Å². The number of ether oxygens (including phenoxy) is 2. The fourth-order valence-corrected chi connectivity index (χ4v) is 1.62. The third-order valence-electron chi connectivity index (χ3n) is 2.59. The molecule has 0 amide bonds. The third-order valence-corrected chi connectivity index (χ3v) is 2.59. The van der Waals surface area contributed by atoms with Crippen LogP contribution in [0.1, 0.15) is 32.7 Å². The molecule has 106 valence electrons. The van der Waals surface area contributed by atoms with Gasteiger partial charge in [-0.15, -0.1) is 0 Å². The number of hydrogen-bond acceptors (Lipinski definition) is 7. The maximum atomic E-state index is 11.5. The Morgan fingerprint density at radius 2 is 1.95 bits per heavy atom. The molecule has 0 radical (unpaired) electrons. The van der Waals surface area contributed by atoms with Crippen LogP contribution in [0.4, 0.5) is 0 Å². The summed E-state index contributed by atoms with van der Waals surface area (Å²) < 4.78 is 19.5. The van der Waals surface area contributed by atoms with Gasteiger partial charge in [-0.3, -0.25) is 0 Å². The smallest absolute Gasteiger partial charge is 0.376 e. The lowest BCUT2D eigenvalue weighted by molar-refractivity contribution is 0.0525. The van der Waals surface area contributed by atoms with E-state index in [4.69, 9.17) is 8.83 Å². The molecule has 2 aromatic heterocycles. The van der Waals surface area contributed by atoms with Crippen molar-refractivity contribution in [1.29, 1.82) is 0 Å². The Hall–Kier alpha value is -2.57. The van der Waals surface area contributed by atoms with Crippen LogP contribution >= 0.6 is 0 Å². The molecular weight excluding hydrogens is 266 g/mol. The zero-order chi connectivity index (χ0) is 14.5. The summed E-state index contributed by atoms with van der Waals surface area (Å²) in [5.41, 5.74) is -0.186. The second-order valence-electron chi connectivity index (χ2n) is 3.85. The molecular formula is C13H13NO6. The average Bonchev–Trinajstić information content (AvgIpc) is 3.12. The topological polar surface area (TPSA) is 91.8 Å². The number of carbonyl (C=O) groups is 2. The number of rotatable bonds is 5. The van der Waals surface area contributed by atoms with Gasteiger partial charge in [0.1, 0.15) is 5.76 Å². The Morgan fingerprint density at radius 1 is 1.20 bits per heavy atom. The van der Waals surface area contributed by atoms with Crippen LogP contribution in [-0.2, 0) is 22.3 Å². The Balaban J connectivity index is 2.19. The van der Waals surface area contributed by atoms with Gasteiger partial charge in [-0.05, 0) is 12.1 Å². The van der Waals surface area contributed by atoms with Gasteiger partial charge < -0.3 is 18.3 Å². The first-order chi connectivity index (χ1) is 9.65. The molecule has 2 heterocycles. The first kappa shape index (κ1) is 13.9. The van der Waals surface area contributed by atoms with Gasteiger partial charge in [0.2, 0.25) is 11.5 Å². The number of nitrogens with zero attached hydrogens (tertiary/aromatic N) is 1. The highest BCUT2D eigenvalue weighted by Gasteiger charge is 2.26. The molecule has 2 aromatic rings. The van der Waals surface area contributed by atoms with Gasteiger partial charge in [0, 0.05) is 12.8 Å². The summed E-state index contributed by atoms with van der Waals surface area (Å²) in [6, 6.07) is 3.58. The van der Waals surface area contributed by atoms with Crippen LogP contribution in [0.3, 0.4) is 0 Å². The van der Waals surface area contributed by atoms with E-state index < -0.39 is 11.9 Å². The van der Waals surface area contributed by atoms with Crippen molar-refractivity contribution in [2.75, 3.05) is 14.2 Å². The van der Waals surface area contributed by atoms with Gasteiger partial charge in [-0.1, -0.05) is 0 Å². The zero-order valence-corrected chi connectivity index (χ0v) is 11.0. The van der Waals surface area contributed by atoms with Crippen LogP contribution in [0, 0.1) is 0 Å². The number of oxazole rings is 1. The second kappa shape index (κ2) is 6.05. The summed E-state index contributed by atoms with van der Waals surface area (Å²) in [6.45, 7) is 0. The van der Waals surface area contributed by atoms with E-state index in [2.05, 4.69) is 14.5 Å². The van der Waals surface area contributed by atoms with Gasteiger partial charge in [0.05, 0.1) is 20.5 Å². The van der Waals surface area contributed by atoms with E-state index in [-0.39, 0.29) is 17.3 Å². The van der Waals surface area contributed by atoms with E-state index in [0.29, 0.717) is 12.8 Å². The van der Waals surface area contributed by atoms with Crippen LogP contribution in [0.2, 0.25) is 0 Å². The first-order valence-electron chi connectivity index (χ1n) is 5.84. The molecule has 20 heavy (non-hydrogen) atoms. The average molecular weight is 279 g/mol. The van der Waals surface area contributed by atoms with Crippen molar-refractivity contribution in [1.82, 2.24) is 4.98 Å². The minimum Gasteiger partial charge on any atom is -0.469 e. The standard InChI is InChI=1S/C13H13NO6/c1-17-12(15)10-11(13(16)18-2)20-9(14-10)6-5-8-4-3-7-19-8/h3-4,7H,5-6H2,1-2H3. The number of methoxy groups -OCH3 is 2. The van der Waals surface area contributed by atoms with Crippen molar-refractivity contribution >= 4 is 11.9 Å². The Kier molecular flexibility index (Phi) is 4.19. The molecule has 0 saturated heterocycles. The van der Waals surface area contributed by atoms with Gasteiger partial charge in [-0.25, -0.2) is 14.6 Å². The highest BCUT2D eigenvalue weighted by Crippen LogP contribution is 2.15. The van der Waals surface area contributed by atoms with Crippen LogP contribution in [0.5, 0.6) is 0 Å². The lowest BCUT2D eigenvalue weighted by Gasteiger charge is -1.96. The van der Waals surface area contributed by atoms with Crippen molar-refractivity contribution in [2.45, 2.75) is 12.8 Å². The number of carbonyl (C=O) groups excluding carboxylic acids is 2. The molecule has 0 fully saturated rings. The third kappa shape index (κ3) is 2.87. The quantitative estimate of drug-likeness (QED) is 0.768. The molecule has 0 bridgehead atoms. The lowest BCUT2D eigenvalue weighted by atomic mass is 10.2. The van der Waals surface area contributed by atoms with E-state index in [0.717, 1.165) is 5.76 Å². The van der Waals surface area contributed by atoms with E-state index in [1.807, 2.05) is 6.07 Å². The molecule has 0 spiro atoms. The number of aryl methyl sites for hydroxylation is 2. The summed E-state index contributed by atoms with van der Waals surface area (Å²) in [4.78, 5) is 27.0. The van der Waals surface area contributed by atoms with Gasteiger partial charge in [-0.2, -0.15) is 0 Å². The van der Waals surface area contributed by atoms with Gasteiger partial charge in [0.15, 0.2) is 5.89 Å². The predicted octanol–water partition coefficient (Wildman–Crippen LogP) is 1.63. The molecule has 2 rings (SSSR count). The van der Waals surface area contributed by atoms with Gasteiger partial charge in [0.25, 0.3) is 0 Å². The molecule has 0 saturated carbocycles. The zero-order valence-electron chi connectivity index (χ0n) is 11.0. The summed E-state index contributed by atoms with van der Waals surface area (Å²) in [5, 5.41) is 0. The van der Waals surface area contributed by atoms with Crippen molar-refractivity contribution in [3.05, 3.63) is 41.5 Å². The highest BCUT2D eigenvalue weighted by atomic mass is 16.5. The normalized spacial score (nSPS) is 10.3. The van der Waals surface area contributed by atoms with E-state index in [1.165, 1.54) is 14.2 Å². The van der Waals surface area contributed by atoms with Crippen LogP contribution in [-0.4, -0.2) is 31.1 Å². The minimum absolute atomic E-state index is 0.186. The molecule has 7 nitrogen and oxygen atoms in total. The SMILES string of the molecule is COC(=O)c1nc(CCc2ccco2)oc1C(=O)OC. The van der Waals surface area contributed by atoms with Crippen molar-refractivity contribution in [3.8, 4) is 0 Å². The van der Waals surface area contributed by atoms with E-state index in [9.17, 15) is 9.59 Å². The maximum absolute atomic E-state index is 11.5. The van der Waals surface area contributed by atoms with E-state index >= 15 is 0 Å². The monoisotopic (exact) mass is 279 g/mol. The molecule has 0 atom stereocenters. The summed E-state index contributed by atoms with van der Waals surface area (Å²) >= 11 is 0. The van der Waals surface area contributed by atoms with E-state index in [1.54, 1.807) is 12.3 Å². The molecule has 0 unspecified atom stereocenters. The number of esters is 2. The molecule has 0 aliphatic heterocycles. The van der Waals surface area contributed by atoms with Crippen molar-refractivity contribution in [2.24, 2.45) is 0 Å². The van der Waals surface area contributed by atoms with Crippen LogP contribution < -0.4 is 0 Å². The molecule has 0 aliphatic carbocycles. The lowest BCUT2D eigenvalue weighted by Crippen LogP contribution is -2.10. The Labute approximate surface area is 114 Å². The fraction of sp³-hybridized carbons (Fsp3) is 0.308. The Bertz CT molecular complexity index is 565. The summed E-state index contributed by atoms with van der Waals surface area (Å²) in [7, 11) is 2.38. The van der Waals surface area contributed by atoms with Crippen molar-refractivity contribution in [3.63, 3.8) is 0 Å². The molecule has 0 aromatic carbocycles. The largest absolute Gasteiger partial charge is 0.469 e. The maximum Gasteiger partial charge on any atom is 0.376 e. The number of hydrogen-bond donors (Lipinski definition) is 0.